The summed E-state index contributed by atoms with van der Waals surface area (Å²) in [7, 11) is 0. The molecule has 20 heavy (non-hydrogen) atoms. The fraction of sp³-hybridized carbons (Fsp3) is 0.429. The quantitative estimate of drug-likeness (QED) is 0.493. The van der Waals surface area contributed by atoms with Crippen molar-refractivity contribution in [3.05, 3.63) is 23.8 Å². The van der Waals surface area contributed by atoms with Crippen molar-refractivity contribution in [2.45, 2.75) is 32.8 Å². The Bertz CT molecular complexity index is 542. The lowest BCUT2D eigenvalue weighted by Crippen LogP contribution is -2.32. The van der Waals surface area contributed by atoms with Gasteiger partial charge >= 0.3 is 6.09 Å². The summed E-state index contributed by atoms with van der Waals surface area (Å²) in [5.74, 6) is 4.79. The maximum atomic E-state index is 12.9. The molecule has 0 saturated carbocycles. The Hall–Kier alpha value is -2.29. The van der Waals surface area contributed by atoms with Crippen molar-refractivity contribution in [1.82, 2.24) is 10.3 Å². The van der Waals surface area contributed by atoms with Crippen molar-refractivity contribution in [3.8, 4) is 11.8 Å². The van der Waals surface area contributed by atoms with Gasteiger partial charge in [-0.3, -0.25) is 0 Å². The third-order valence-electron chi connectivity index (χ3n) is 2.02. The zero-order valence-electron chi connectivity index (χ0n) is 11.8. The van der Waals surface area contributed by atoms with Crippen molar-refractivity contribution < 1.29 is 13.9 Å². The topological polar surface area (TPSA) is 77.2 Å². The van der Waals surface area contributed by atoms with Gasteiger partial charge in [-0.15, -0.1) is 0 Å². The average Bonchev–Trinajstić information content (AvgIpc) is 2.30. The van der Waals surface area contributed by atoms with E-state index < -0.39 is 17.6 Å². The number of aromatic nitrogens is 1. The molecule has 0 aliphatic carbocycles. The van der Waals surface area contributed by atoms with Gasteiger partial charge in [0.05, 0.1) is 5.69 Å². The molecule has 0 bridgehead atoms. The van der Waals surface area contributed by atoms with Crippen molar-refractivity contribution in [3.63, 3.8) is 0 Å². The molecule has 1 aromatic rings. The second-order valence-electron chi connectivity index (χ2n) is 5.05. The molecule has 0 aromatic carbocycles. The van der Waals surface area contributed by atoms with Crippen molar-refractivity contribution in [2.75, 3.05) is 12.3 Å². The first-order chi connectivity index (χ1) is 9.28. The molecule has 0 fully saturated rings. The van der Waals surface area contributed by atoms with Crippen LogP contribution < -0.4 is 11.1 Å². The molecule has 3 N–H and O–H groups in total. The van der Waals surface area contributed by atoms with Gasteiger partial charge in [-0.05, 0) is 38.8 Å². The number of amides is 1. The van der Waals surface area contributed by atoms with Gasteiger partial charge in [0, 0.05) is 13.0 Å². The summed E-state index contributed by atoms with van der Waals surface area (Å²) >= 11 is 0. The summed E-state index contributed by atoms with van der Waals surface area (Å²) in [4.78, 5) is 14.9. The molecule has 0 unspecified atom stereocenters. The number of nitrogens with one attached hydrogen (secondary N) is 1. The molecule has 108 valence electrons. The Labute approximate surface area is 117 Å². The number of nitrogen functional groups attached to an aromatic ring is 1. The minimum Gasteiger partial charge on any atom is -0.444 e. The van der Waals surface area contributed by atoms with Gasteiger partial charge in [-0.2, -0.15) is 4.39 Å². The van der Waals surface area contributed by atoms with Gasteiger partial charge in [0.2, 0.25) is 5.95 Å². The van der Waals surface area contributed by atoms with E-state index in [2.05, 4.69) is 22.1 Å². The smallest absolute Gasteiger partial charge is 0.407 e. The number of halogens is 1. The van der Waals surface area contributed by atoms with Gasteiger partial charge in [0.15, 0.2) is 0 Å². The Kier molecular flexibility index (Phi) is 5.32. The number of carbonyl (C=O) groups excluding carboxylic acids is 1. The van der Waals surface area contributed by atoms with Crippen LogP contribution in [0.1, 0.15) is 32.9 Å². The number of nitrogens with two attached hydrogens (primary N) is 1. The van der Waals surface area contributed by atoms with E-state index in [1.807, 2.05) is 0 Å². The van der Waals surface area contributed by atoms with Crippen LogP contribution in [0, 0.1) is 17.8 Å². The number of ether oxygens (including phenoxy) is 1. The highest BCUT2D eigenvalue weighted by atomic mass is 19.1. The number of rotatable bonds is 2. The van der Waals surface area contributed by atoms with Crippen molar-refractivity contribution >= 4 is 11.8 Å². The molecule has 0 spiro atoms. The number of nitrogens with zero attached hydrogens (tertiary/aromatic N) is 1. The van der Waals surface area contributed by atoms with Crippen LogP contribution in [-0.2, 0) is 4.74 Å². The van der Waals surface area contributed by atoms with E-state index in [1.165, 1.54) is 12.1 Å². The van der Waals surface area contributed by atoms with E-state index in [0.29, 0.717) is 18.7 Å². The van der Waals surface area contributed by atoms with E-state index in [1.54, 1.807) is 20.8 Å². The van der Waals surface area contributed by atoms with Crippen LogP contribution in [0.3, 0.4) is 0 Å². The first-order valence-corrected chi connectivity index (χ1v) is 6.16. The van der Waals surface area contributed by atoms with Crippen LogP contribution in [0.15, 0.2) is 12.1 Å². The Morgan fingerprint density at radius 2 is 2.20 bits per heavy atom. The highest BCUT2D eigenvalue weighted by molar-refractivity contribution is 5.67. The summed E-state index contributed by atoms with van der Waals surface area (Å²) in [5, 5.41) is 2.56. The van der Waals surface area contributed by atoms with E-state index >= 15 is 0 Å². The summed E-state index contributed by atoms with van der Waals surface area (Å²) < 4.78 is 17.9. The highest BCUT2D eigenvalue weighted by Crippen LogP contribution is 2.07. The first kappa shape index (κ1) is 15.8. The molecule has 0 atom stereocenters. The van der Waals surface area contributed by atoms with Crippen LogP contribution in [0.5, 0.6) is 0 Å². The second-order valence-corrected chi connectivity index (χ2v) is 5.05. The lowest BCUT2D eigenvalue weighted by atomic mass is 10.2. The number of hydrogen-bond donors (Lipinski definition) is 2. The molecule has 0 aliphatic rings. The lowest BCUT2D eigenvalue weighted by Gasteiger charge is -2.19. The predicted octanol–water partition coefficient (Wildman–Crippen LogP) is 2.07. The Morgan fingerprint density at radius 1 is 1.50 bits per heavy atom. The molecule has 0 aliphatic heterocycles. The third kappa shape index (κ3) is 6.05. The summed E-state index contributed by atoms with van der Waals surface area (Å²) in [6.45, 7) is 5.68. The van der Waals surface area contributed by atoms with Crippen molar-refractivity contribution in [2.24, 2.45) is 0 Å². The minimum absolute atomic E-state index is 0.197. The summed E-state index contributed by atoms with van der Waals surface area (Å²) in [5.41, 5.74) is 5.58. The van der Waals surface area contributed by atoms with Gasteiger partial charge in [-0.25, -0.2) is 9.78 Å². The first-order valence-electron chi connectivity index (χ1n) is 6.16. The number of pyridine rings is 1. The van der Waals surface area contributed by atoms with Crippen LogP contribution >= 0.6 is 0 Å². The fourth-order valence-electron chi connectivity index (χ4n) is 1.23. The predicted molar refractivity (Wildman–Crippen MR) is 74.3 cm³/mol. The average molecular weight is 279 g/mol. The Morgan fingerprint density at radius 3 is 2.85 bits per heavy atom. The number of anilines is 1. The molecule has 5 nitrogen and oxygen atoms in total. The molecule has 1 heterocycles. The van der Waals surface area contributed by atoms with Gasteiger partial charge in [-0.1, -0.05) is 5.92 Å². The summed E-state index contributed by atoms with van der Waals surface area (Å²) in [6, 6.07) is 2.58. The largest absolute Gasteiger partial charge is 0.444 e. The van der Waals surface area contributed by atoms with Crippen LogP contribution in [-0.4, -0.2) is 23.2 Å². The summed E-state index contributed by atoms with van der Waals surface area (Å²) in [6.07, 6.45) is -0.112. The normalized spacial score (nSPS) is 10.4. The van der Waals surface area contributed by atoms with E-state index in [4.69, 9.17) is 10.5 Å². The minimum atomic E-state index is -0.629. The molecule has 1 amide bonds. The van der Waals surface area contributed by atoms with Gasteiger partial charge < -0.3 is 15.8 Å². The van der Waals surface area contributed by atoms with Crippen LogP contribution in [0.25, 0.3) is 0 Å². The molecule has 0 radical (unpaired) electrons. The van der Waals surface area contributed by atoms with E-state index in [0.717, 1.165) is 0 Å². The monoisotopic (exact) mass is 279 g/mol. The zero-order chi connectivity index (χ0) is 15.2. The highest BCUT2D eigenvalue weighted by Gasteiger charge is 2.15. The lowest BCUT2D eigenvalue weighted by molar-refractivity contribution is 0.0529. The molecule has 0 saturated heterocycles. The SMILES string of the molecule is CC(C)(C)OC(=O)NCCC#Cc1nc(F)ccc1N. The third-order valence-corrected chi connectivity index (χ3v) is 2.02. The Balaban J connectivity index is 2.40. The maximum absolute atomic E-state index is 12.9. The number of hydrogen-bond acceptors (Lipinski definition) is 4. The van der Waals surface area contributed by atoms with Crippen LogP contribution in [0.2, 0.25) is 0 Å². The fourth-order valence-corrected chi connectivity index (χ4v) is 1.23. The standard InChI is InChI=1S/C14H18FN3O2/c1-14(2,3)20-13(19)17-9-5-4-6-11-10(16)7-8-12(15)18-11/h7-8H,5,9,16H2,1-3H3,(H,17,19). The van der Waals surface area contributed by atoms with Crippen LogP contribution in [0.4, 0.5) is 14.9 Å². The van der Waals surface area contributed by atoms with Gasteiger partial charge in [0.25, 0.3) is 0 Å². The second kappa shape index (κ2) is 6.75. The van der Waals surface area contributed by atoms with Crippen molar-refractivity contribution in [1.29, 1.82) is 0 Å². The van der Waals surface area contributed by atoms with Gasteiger partial charge in [0.1, 0.15) is 11.3 Å². The zero-order valence-corrected chi connectivity index (χ0v) is 11.8. The molecular formula is C14H18FN3O2. The molecule has 1 rings (SSSR count). The number of alkyl carbamates (subject to hydrolysis) is 1. The molecule has 1 aromatic heterocycles. The number of carbonyl (C=O) groups is 1. The molecule has 6 heteroatoms. The molecular weight excluding hydrogens is 261 g/mol. The van der Waals surface area contributed by atoms with E-state index in [-0.39, 0.29) is 5.69 Å². The van der Waals surface area contributed by atoms with E-state index in [9.17, 15) is 9.18 Å². The maximum Gasteiger partial charge on any atom is 0.407 e.